The lowest BCUT2D eigenvalue weighted by Crippen LogP contribution is -2.29. The molecule has 5 nitrogen and oxygen atoms in total. The van der Waals surface area contributed by atoms with Crippen LogP contribution in [0.1, 0.15) is 45.3 Å². The van der Waals surface area contributed by atoms with Crippen molar-refractivity contribution in [2.24, 2.45) is 5.41 Å². The van der Waals surface area contributed by atoms with Gasteiger partial charge in [-0.2, -0.15) is 0 Å². The molecule has 0 aliphatic heterocycles. The minimum Gasteiger partial charge on any atom is -0.497 e. The van der Waals surface area contributed by atoms with E-state index in [9.17, 15) is 4.79 Å². The van der Waals surface area contributed by atoms with Crippen LogP contribution in [0.25, 0.3) is 0 Å². The van der Waals surface area contributed by atoms with Crippen molar-refractivity contribution in [2.75, 3.05) is 26.9 Å². The lowest BCUT2D eigenvalue weighted by molar-refractivity contribution is -0.155. The zero-order valence-corrected chi connectivity index (χ0v) is 14.5. The molecule has 0 aliphatic carbocycles. The smallest absolute Gasteiger partial charge is 0.311 e. The van der Waals surface area contributed by atoms with Crippen LogP contribution in [-0.2, 0) is 14.3 Å². The van der Waals surface area contributed by atoms with Gasteiger partial charge in [0.15, 0.2) is 0 Å². The summed E-state index contributed by atoms with van der Waals surface area (Å²) >= 11 is 0. The fourth-order valence-electron chi connectivity index (χ4n) is 2.25. The highest BCUT2D eigenvalue weighted by molar-refractivity contribution is 5.75. The van der Waals surface area contributed by atoms with Gasteiger partial charge in [-0.1, -0.05) is 12.1 Å². The van der Waals surface area contributed by atoms with Gasteiger partial charge < -0.3 is 19.3 Å². The highest BCUT2D eigenvalue weighted by Crippen LogP contribution is 2.34. The molecule has 0 heterocycles. The van der Waals surface area contributed by atoms with E-state index in [1.165, 1.54) is 0 Å². The maximum Gasteiger partial charge on any atom is 0.311 e. The quantitative estimate of drug-likeness (QED) is 0.529. The fourth-order valence-corrected chi connectivity index (χ4v) is 2.25. The van der Waals surface area contributed by atoms with Gasteiger partial charge in [0.1, 0.15) is 5.75 Å². The molecule has 5 heteroatoms. The van der Waals surface area contributed by atoms with Crippen molar-refractivity contribution in [1.82, 2.24) is 0 Å². The molecule has 0 spiro atoms. The predicted octanol–water partition coefficient (Wildman–Crippen LogP) is 3.11. The highest BCUT2D eigenvalue weighted by atomic mass is 16.5. The molecule has 23 heavy (non-hydrogen) atoms. The molecule has 0 radical (unpaired) electrons. The number of carbonyl (C=O) groups is 1. The summed E-state index contributed by atoms with van der Waals surface area (Å²) in [6.45, 7) is 6.39. The number of aliphatic hydroxyl groups excluding tert-OH is 1. The molecule has 0 saturated carbocycles. The number of hydrogen-bond acceptors (Lipinski definition) is 5. The number of esters is 1. The average Bonchev–Trinajstić information content (AvgIpc) is 2.54. The van der Waals surface area contributed by atoms with Crippen LogP contribution in [0.15, 0.2) is 24.3 Å². The summed E-state index contributed by atoms with van der Waals surface area (Å²) in [6, 6.07) is 7.61. The van der Waals surface area contributed by atoms with E-state index in [0.29, 0.717) is 26.1 Å². The molecule has 0 bridgehead atoms. The number of methoxy groups -OCH3 is 1. The third-order valence-electron chi connectivity index (χ3n) is 3.63. The van der Waals surface area contributed by atoms with E-state index in [-0.39, 0.29) is 18.7 Å². The topological polar surface area (TPSA) is 65.0 Å². The van der Waals surface area contributed by atoms with Crippen LogP contribution in [0, 0.1) is 5.41 Å². The van der Waals surface area contributed by atoms with Gasteiger partial charge in [-0.3, -0.25) is 4.79 Å². The summed E-state index contributed by atoms with van der Waals surface area (Å²) in [4.78, 5) is 12.1. The molecule has 130 valence electrons. The second kappa shape index (κ2) is 9.53. The Hall–Kier alpha value is -1.59. The summed E-state index contributed by atoms with van der Waals surface area (Å²) < 4.78 is 16.2. The van der Waals surface area contributed by atoms with Crippen LogP contribution in [-0.4, -0.2) is 38.0 Å². The molecule has 1 aromatic rings. The summed E-state index contributed by atoms with van der Waals surface area (Å²) in [5.74, 6) is 0.539. The zero-order valence-electron chi connectivity index (χ0n) is 14.5. The van der Waals surface area contributed by atoms with Gasteiger partial charge in [0, 0.05) is 13.2 Å². The third-order valence-corrected chi connectivity index (χ3v) is 3.63. The minimum atomic E-state index is -0.653. The van der Waals surface area contributed by atoms with E-state index in [2.05, 4.69) is 0 Å². The van der Waals surface area contributed by atoms with Gasteiger partial charge in [0.25, 0.3) is 0 Å². The molecular formula is C18H28O5. The maximum absolute atomic E-state index is 12.1. The largest absolute Gasteiger partial charge is 0.497 e. The van der Waals surface area contributed by atoms with Gasteiger partial charge in [-0.15, -0.1) is 0 Å². The SMILES string of the molecule is CCOC(=O)C(C)(C)CC(OCCCO)c1ccc(OC)cc1. The van der Waals surface area contributed by atoms with Crippen LogP contribution in [0.2, 0.25) is 0 Å². The molecular weight excluding hydrogens is 296 g/mol. The number of carbonyl (C=O) groups excluding carboxylic acids is 1. The first-order chi connectivity index (χ1) is 10.9. The second-order valence-corrected chi connectivity index (χ2v) is 6.02. The number of hydrogen-bond donors (Lipinski definition) is 1. The highest BCUT2D eigenvalue weighted by Gasteiger charge is 2.33. The van der Waals surface area contributed by atoms with Crippen LogP contribution < -0.4 is 4.74 Å². The van der Waals surface area contributed by atoms with Gasteiger partial charge in [-0.05, 0) is 51.3 Å². The zero-order chi connectivity index (χ0) is 17.3. The minimum absolute atomic E-state index is 0.0800. The normalized spacial score (nSPS) is 12.7. The van der Waals surface area contributed by atoms with Crippen LogP contribution in [0.5, 0.6) is 5.75 Å². The Kier molecular flexibility index (Phi) is 8.06. The Morgan fingerprint density at radius 1 is 1.26 bits per heavy atom. The lowest BCUT2D eigenvalue weighted by atomic mass is 9.84. The Morgan fingerprint density at radius 2 is 1.91 bits per heavy atom. The molecule has 0 amide bonds. The van der Waals surface area contributed by atoms with Crippen LogP contribution in [0.4, 0.5) is 0 Å². The number of benzene rings is 1. The first-order valence-corrected chi connectivity index (χ1v) is 7.98. The van der Waals surface area contributed by atoms with E-state index in [1.54, 1.807) is 14.0 Å². The van der Waals surface area contributed by atoms with Crippen molar-refractivity contribution in [2.45, 2.75) is 39.7 Å². The summed E-state index contributed by atoms with van der Waals surface area (Å²) in [5, 5.41) is 8.94. The molecule has 1 rings (SSSR count). The van der Waals surface area contributed by atoms with Crippen molar-refractivity contribution in [3.63, 3.8) is 0 Å². The summed E-state index contributed by atoms with van der Waals surface area (Å²) in [5.41, 5.74) is 0.320. The summed E-state index contributed by atoms with van der Waals surface area (Å²) in [6.07, 6.45) is 0.822. The van der Waals surface area contributed by atoms with E-state index < -0.39 is 5.41 Å². The van der Waals surface area contributed by atoms with Crippen LogP contribution in [0.3, 0.4) is 0 Å². The number of ether oxygens (including phenoxy) is 3. The predicted molar refractivity (Wildman–Crippen MR) is 88.4 cm³/mol. The Balaban J connectivity index is 2.88. The van der Waals surface area contributed by atoms with Crippen LogP contribution >= 0.6 is 0 Å². The molecule has 1 N–H and O–H groups in total. The first-order valence-electron chi connectivity index (χ1n) is 7.98. The molecule has 0 fully saturated rings. The fraction of sp³-hybridized carbons (Fsp3) is 0.611. The molecule has 0 saturated heterocycles. The van der Waals surface area contributed by atoms with E-state index >= 15 is 0 Å². The molecule has 0 aromatic heterocycles. The number of rotatable bonds is 10. The van der Waals surface area contributed by atoms with Crippen molar-refractivity contribution in [1.29, 1.82) is 0 Å². The van der Waals surface area contributed by atoms with Gasteiger partial charge in [0.2, 0.25) is 0 Å². The molecule has 0 aliphatic rings. The van der Waals surface area contributed by atoms with E-state index in [0.717, 1.165) is 11.3 Å². The van der Waals surface area contributed by atoms with Gasteiger partial charge >= 0.3 is 5.97 Å². The summed E-state index contributed by atoms with van der Waals surface area (Å²) in [7, 11) is 1.62. The second-order valence-electron chi connectivity index (χ2n) is 6.02. The van der Waals surface area contributed by atoms with Gasteiger partial charge in [0.05, 0.1) is 25.2 Å². The van der Waals surface area contributed by atoms with Crippen molar-refractivity contribution >= 4 is 5.97 Å². The maximum atomic E-state index is 12.1. The van der Waals surface area contributed by atoms with Crippen molar-refractivity contribution < 1.29 is 24.1 Å². The monoisotopic (exact) mass is 324 g/mol. The standard InChI is InChI=1S/C18H28O5/c1-5-22-17(20)18(2,3)13-16(23-12-6-11-19)14-7-9-15(21-4)10-8-14/h7-10,16,19H,5-6,11-13H2,1-4H3. The Bertz CT molecular complexity index is 467. The Morgan fingerprint density at radius 3 is 2.43 bits per heavy atom. The first kappa shape index (κ1) is 19.5. The third kappa shape index (κ3) is 6.20. The Labute approximate surface area is 138 Å². The van der Waals surface area contributed by atoms with E-state index in [4.69, 9.17) is 19.3 Å². The van der Waals surface area contributed by atoms with E-state index in [1.807, 2.05) is 38.1 Å². The molecule has 1 aromatic carbocycles. The average molecular weight is 324 g/mol. The van der Waals surface area contributed by atoms with Crippen molar-refractivity contribution in [3.05, 3.63) is 29.8 Å². The lowest BCUT2D eigenvalue weighted by Gasteiger charge is -2.28. The molecule has 1 unspecified atom stereocenters. The van der Waals surface area contributed by atoms with Crippen molar-refractivity contribution in [3.8, 4) is 5.75 Å². The van der Waals surface area contributed by atoms with Gasteiger partial charge in [-0.25, -0.2) is 0 Å². The number of aliphatic hydroxyl groups is 1. The molecule has 1 atom stereocenters.